The van der Waals surface area contributed by atoms with E-state index in [4.69, 9.17) is 17.4 Å². The van der Waals surface area contributed by atoms with Crippen molar-refractivity contribution in [3.8, 4) is 0 Å². The fourth-order valence-electron chi connectivity index (χ4n) is 1.55. The third-order valence-corrected chi connectivity index (χ3v) is 2.55. The summed E-state index contributed by atoms with van der Waals surface area (Å²) in [6, 6.07) is 3.13. The van der Waals surface area contributed by atoms with E-state index in [0.717, 1.165) is 13.0 Å². The van der Waals surface area contributed by atoms with Crippen LogP contribution in [0, 0.1) is 0 Å². The maximum Gasteiger partial charge on any atom is 0.254 e. The number of rotatable bonds is 5. The molecular formula is C11H17ClN4O. The number of amides is 1. The zero-order valence-corrected chi connectivity index (χ0v) is 10.8. The van der Waals surface area contributed by atoms with Gasteiger partial charge in [-0.25, -0.2) is 10.8 Å². The van der Waals surface area contributed by atoms with Gasteiger partial charge in [-0.15, -0.1) is 0 Å². The lowest BCUT2D eigenvalue weighted by atomic mass is 10.2. The standard InChI is InChI=1S/C11H17ClN4O/c1-3-5-16(4-2)11(17)8-6-9(12)14-10(7-8)15-13/h6-7H,3-5,13H2,1-2H3,(H,14,15). The van der Waals surface area contributed by atoms with Crippen LogP contribution in [0.15, 0.2) is 12.1 Å². The van der Waals surface area contributed by atoms with E-state index in [0.29, 0.717) is 17.9 Å². The Hall–Kier alpha value is -1.33. The van der Waals surface area contributed by atoms with Crippen molar-refractivity contribution < 1.29 is 4.79 Å². The number of anilines is 1. The molecule has 0 atom stereocenters. The van der Waals surface area contributed by atoms with E-state index >= 15 is 0 Å². The molecule has 0 aliphatic rings. The number of carbonyl (C=O) groups excluding carboxylic acids is 1. The van der Waals surface area contributed by atoms with E-state index in [9.17, 15) is 4.79 Å². The van der Waals surface area contributed by atoms with Gasteiger partial charge in [-0.05, 0) is 25.5 Å². The Labute approximate surface area is 106 Å². The molecule has 5 nitrogen and oxygen atoms in total. The van der Waals surface area contributed by atoms with Gasteiger partial charge >= 0.3 is 0 Å². The molecule has 0 unspecified atom stereocenters. The van der Waals surface area contributed by atoms with Gasteiger partial charge in [0.1, 0.15) is 11.0 Å². The second-order valence-electron chi connectivity index (χ2n) is 3.59. The van der Waals surface area contributed by atoms with Crippen molar-refractivity contribution in [2.75, 3.05) is 18.5 Å². The average molecular weight is 257 g/mol. The Morgan fingerprint density at radius 1 is 1.53 bits per heavy atom. The number of aromatic nitrogens is 1. The van der Waals surface area contributed by atoms with E-state index in [1.165, 1.54) is 0 Å². The Morgan fingerprint density at radius 2 is 2.24 bits per heavy atom. The summed E-state index contributed by atoms with van der Waals surface area (Å²) < 4.78 is 0. The zero-order chi connectivity index (χ0) is 12.8. The average Bonchev–Trinajstić information content (AvgIpc) is 2.34. The molecule has 3 N–H and O–H groups in total. The fraction of sp³-hybridized carbons (Fsp3) is 0.455. The summed E-state index contributed by atoms with van der Waals surface area (Å²) in [6.45, 7) is 5.36. The molecule has 0 spiro atoms. The summed E-state index contributed by atoms with van der Waals surface area (Å²) >= 11 is 5.82. The van der Waals surface area contributed by atoms with Crippen LogP contribution in [-0.2, 0) is 0 Å². The number of hydrogen-bond donors (Lipinski definition) is 2. The number of hydrogen-bond acceptors (Lipinski definition) is 4. The topological polar surface area (TPSA) is 71.2 Å². The second kappa shape index (κ2) is 6.42. The first-order valence-corrected chi connectivity index (χ1v) is 5.93. The van der Waals surface area contributed by atoms with Crippen molar-refractivity contribution in [2.24, 2.45) is 5.84 Å². The summed E-state index contributed by atoms with van der Waals surface area (Å²) in [4.78, 5) is 17.8. The van der Waals surface area contributed by atoms with Crippen molar-refractivity contribution in [1.82, 2.24) is 9.88 Å². The number of pyridine rings is 1. The van der Waals surface area contributed by atoms with Crippen LogP contribution in [0.2, 0.25) is 5.15 Å². The molecule has 0 aliphatic carbocycles. The molecule has 94 valence electrons. The number of nitrogens with zero attached hydrogens (tertiary/aromatic N) is 2. The largest absolute Gasteiger partial charge is 0.339 e. The molecule has 0 radical (unpaired) electrons. The van der Waals surface area contributed by atoms with Crippen LogP contribution < -0.4 is 11.3 Å². The number of halogens is 1. The normalized spacial score (nSPS) is 10.1. The molecular weight excluding hydrogens is 240 g/mol. The van der Waals surface area contributed by atoms with Gasteiger partial charge in [-0.2, -0.15) is 0 Å². The quantitative estimate of drug-likeness (QED) is 0.480. The van der Waals surface area contributed by atoms with E-state index in [2.05, 4.69) is 10.4 Å². The molecule has 0 aromatic carbocycles. The van der Waals surface area contributed by atoms with Gasteiger partial charge < -0.3 is 10.3 Å². The summed E-state index contributed by atoms with van der Waals surface area (Å²) in [5, 5.41) is 0.247. The molecule has 17 heavy (non-hydrogen) atoms. The van der Waals surface area contributed by atoms with Crippen molar-refractivity contribution in [1.29, 1.82) is 0 Å². The number of nitrogens with two attached hydrogens (primary N) is 1. The highest BCUT2D eigenvalue weighted by atomic mass is 35.5. The molecule has 1 heterocycles. The van der Waals surface area contributed by atoms with Gasteiger partial charge in [0.2, 0.25) is 0 Å². The van der Waals surface area contributed by atoms with Crippen LogP contribution in [0.25, 0.3) is 0 Å². The SMILES string of the molecule is CCCN(CC)C(=O)c1cc(Cl)nc(NN)c1. The smallest absolute Gasteiger partial charge is 0.254 e. The maximum atomic E-state index is 12.2. The van der Waals surface area contributed by atoms with Crippen molar-refractivity contribution in [3.63, 3.8) is 0 Å². The molecule has 1 amide bonds. The van der Waals surface area contributed by atoms with E-state index in [1.54, 1.807) is 17.0 Å². The molecule has 0 saturated carbocycles. The highest BCUT2D eigenvalue weighted by Gasteiger charge is 2.15. The molecule has 1 aromatic heterocycles. The lowest BCUT2D eigenvalue weighted by Gasteiger charge is -2.20. The van der Waals surface area contributed by atoms with Gasteiger partial charge in [0.25, 0.3) is 5.91 Å². The highest BCUT2D eigenvalue weighted by molar-refractivity contribution is 6.29. The van der Waals surface area contributed by atoms with Crippen LogP contribution in [0.1, 0.15) is 30.6 Å². The third-order valence-electron chi connectivity index (χ3n) is 2.35. The van der Waals surface area contributed by atoms with Crippen LogP contribution in [-0.4, -0.2) is 28.9 Å². The van der Waals surface area contributed by atoms with Crippen molar-refractivity contribution >= 4 is 23.3 Å². The Kier molecular flexibility index (Phi) is 5.18. The Morgan fingerprint density at radius 3 is 2.76 bits per heavy atom. The minimum Gasteiger partial charge on any atom is -0.339 e. The first-order valence-electron chi connectivity index (χ1n) is 5.55. The van der Waals surface area contributed by atoms with Gasteiger partial charge in [-0.1, -0.05) is 18.5 Å². The monoisotopic (exact) mass is 256 g/mol. The van der Waals surface area contributed by atoms with Crippen molar-refractivity contribution in [2.45, 2.75) is 20.3 Å². The molecule has 0 bridgehead atoms. The summed E-state index contributed by atoms with van der Waals surface area (Å²) in [6.07, 6.45) is 0.917. The predicted octanol–water partition coefficient (Wildman–Crippen LogP) is 1.89. The van der Waals surface area contributed by atoms with E-state index in [1.807, 2.05) is 13.8 Å². The lowest BCUT2D eigenvalue weighted by Crippen LogP contribution is -2.31. The van der Waals surface area contributed by atoms with Crippen LogP contribution in [0.4, 0.5) is 5.82 Å². The molecule has 0 saturated heterocycles. The second-order valence-corrected chi connectivity index (χ2v) is 3.98. The molecule has 0 fully saturated rings. The van der Waals surface area contributed by atoms with Crippen LogP contribution in [0.5, 0.6) is 0 Å². The number of nitrogens with one attached hydrogen (secondary N) is 1. The first kappa shape index (κ1) is 13.7. The number of nitrogen functional groups attached to an aromatic ring is 1. The van der Waals surface area contributed by atoms with Crippen LogP contribution >= 0.6 is 11.6 Å². The molecule has 1 rings (SSSR count). The van der Waals surface area contributed by atoms with Gasteiger partial charge in [0.05, 0.1) is 0 Å². The van der Waals surface area contributed by atoms with Crippen LogP contribution in [0.3, 0.4) is 0 Å². The highest BCUT2D eigenvalue weighted by Crippen LogP contribution is 2.15. The first-order chi connectivity index (χ1) is 8.12. The minimum atomic E-state index is -0.0600. The van der Waals surface area contributed by atoms with Gasteiger partial charge in [0.15, 0.2) is 0 Å². The molecule has 6 heteroatoms. The minimum absolute atomic E-state index is 0.0600. The van der Waals surface area contributed by atoms with Gasteiger partial charge in [0, 0.05) is 18.7 Å². The summed E-state index contributed by atoms with van der Waals surface area (Å²) in [7, 11) is 0. The van der Waals surface area contributed by atoms with E-state index in [-0.39, 0.29) is 11.1 Å². The summed E-state index contributed by atoms with van der Waals surface area (Å²) in [5.74, 6) is 5.58. The number of carbonyl (C=O) groups is 1. The fourth-order valence-corrected chi connectivity index (χ4v) is 1.76. The molecule has 1 aromatic rings. The Balaban J connectivity index is 2.97. The van der Waals surface area contributed by atoms with Crippen molar-refractivity contribution in [3.05, 3.63) is 22.8 Å². The Bertz CT molecular complexity index is 397. The zero-order valence-electron chi connectivity index (χ0n) is 10.0. The maximum absolute atomic E-state index is 12.2. The van der Waals surface area contributed by atoms with E-state index < -0.39 is 0 Å². The lowest BCUT2D eigenvalue weighted by molar-refractivity contribution is 0.0764. The summed E-state index contributed by atoms with van der Waals surface area (Å²) in [5.41, 5.74) is 2.88. The molecule has 0 aliphatic heterocycles. The predicted molar refractivity (Wildman–Crippen MR) is 68.9 cm³/mol. The third kappa shape index (κ3) is 3.57. The van der Waals surface area contributed by atoms with Gasteiger partial charge in [-0.3, -0.25) is 4.79 Å². The number of hydrazine groups is 1.